The Morgan fingerprint density at radius 3 is 2.96 bits per heavy atom. The molecular weight excluding hydrogens is 333 g/mol. The van der Waals surface area contributed by atoms with Crippen molar-refractivity contribution >= 4 is 27.8 Å². The fourth-order valence-electron chi connectivity index (χ4n) is 3.55. The van der Waals surface area contributed by atoms with Crippen LogP contribution < -0.4 is 0 Å². The van der Waals surface area contributed by atoms with Gasteiger partial charge in [-0.2, -0.15) is 13.2 Å². The highest BCUT2D eigenvalue weighted by Gasteiger charge is 2.36. The highest BCUT2D eigenvalue weighted by molar-refractivity contribution is 6.05. The Labute approximate surface area is 140 Å². The third kappa shape index (κ3) is 2.92. The van der Waals surface area contributed by atoms with Gasteiger partial charge in [0.25, 0.3) is 0 Å². The molecule has 4 rings (SSSR count). The van der Waals surface area contributed by atoms with E-state index in [0.29, 0.717) is 25.2 Å². The largest absolute Gasteiger partial charge is 0.397 e. The topological polar surface area (TPSA) is 61.9 Å². The molecule has 4 heterocycles. The van der Waals surface area contributed by atoms with Gasteiger partial charge in [-0.1, -0.05) is 0 Å². The number of hydrogen-bond donors (Lipinski definition) is 1. The van der Waals surface area contributed by atoms with Gasteiger partial charge < -0.3 is 9.88 Å². The summed E-state index contributed by atoms with van der Waals surface area (Å²) >= 11 is 0. The first-order valence-corrected chi connectivity index (χ1v) is 7.97. The minimum absolute atomic E-state index is 0.00483. The van der Waals surface area contributed by atoms with Crippen LogP contribution in [0.25, 0.3) is 21.9 Å². The number of nitrogens with zero attached hydrogens (tertiary/aromatic N) is 3. The van der Waals surface area contributed by atoms with E-state index in [0.717, 1.165) is 21.9 Å². The number of nitrogens with one attached hydrogen (secondary N) is 1. The van der Waals surface area contributed by atoms with E-state index in [4.69, 9.17) is 0 Å². The highest BCUT2D eigenvalue weighted by atomic mass is 19.4. The predicted octanol–water partition coefficient (Wildman–Crippen LogP) is 3.38. The second-order valence-corrected chi connectivity index (χ2v) is 6.28. The SMILES string of the molecule is O=C(CC(F)(F)F)N1CC[C@H](c2cc[nH]c3cnc4nccc4c23)C1. The van der Waals surface area contributed by atoms with E-state index in [9.17, 15) is 18.0 Å². The third-order valence-electron chi connectivity index (χ3n) is 4.66. The summed E-state index contributed by atoms with van der Waals surface area (Å²) in [6.45, 7) is 0.638. The van der Waals surface area contributed by atoms with Gasteiger partial charge in [-0.25, -0.2) is 9.97 Å². The number of amides is 1. The van der Waals surface area contributed by atoms with Gasteiger partial charge in [0, 0.05) is 42.2 Å². The van der Waals surface area contributed by atoms with Crippen LogP contribution in [-0.2, 0) is 4.79 Å². The van der Waals surface area contributed by atoms with Crippen LogP contribution in [-0.4, -0.2) is 45.0 Å². The van der Waals surface area contributed by atoms with Crippen LogP contribution in [0.2, 0.25) is 0 Å². The molecule has 1 N–H and O–H groups in total. The van der Waals surface area contributed by atoms with Crippen molar-refractivity contribution in [2.75, 3.05) is 13.1 Å². The quantitative estimate of drug-likeness (QED) is 0.772. The van der Waals surface area contributed by atoms with E-state index in [-0.39, 0.29) is 5.92 Å². The molecule has 0 unspecified atom stereocenters. The Morgan fingerprint density at radius 1 is 1.32 bits per heavy atom. The van der Waals surface area contributed by atoms with Crippen molar-refractivity contribution in [1.82, 2.24) is 19.9 Å². The molecule has 5 nitrogen and oxygen atoms in total. The fraction of sp³-hybridized carbons (Fsp3) is 0.353. The van der Waals surface area contributed by atoms with Crippen molar-refractivity contribution in [2.45, 2.75) is 24.9 Å². The first-order chi connectivity index (χ1) is 11.9. The molecule has 130 valence electrons. The summed E-state index contributed by atoms with van der Waals surface area (Å²) in [4.78, 5) is 24.8. The van der Waals surface area contributed by atoms with Gasteiger partial charge in [-0.15, -0.1) is 0 Å². The average molecular weight is 348 g/mol. The third-order valence-corrected chi connectivity index (χ3v) is 4.66. The molecule has 3 aromatic heterocycles. The number of aromatic amines is 1. The van der Waals surface area contributed by atoms with Crippen LogP contribution in [0.1, 0.15) is 24.3 Å². The molecule has 1 aliphatic heterocycles. The van der Waals surface area contributed by atoms with Gasteiger partial charge in [0.1, 0.15) is 6.42 Å². The van der Waals surface area contributed by atoms with Crippen molar-refractivity contribution in [2.24, 2.45) is 0 Å². The smallest absolute Gasteiger partial charge is 0.360 e. The van der Waals surface area contributed by atoms with E-state index in [1.807, 2.05) is 12.1 Å². The second-order valence-electron chi connectivity index (χ2n) is 6.28. The number of alkyl halides is 3. The van der Waals surface area contributed by atoms with Crippen LogP contribution in [0.3, 0.4) is 0 Å². The molecule has 0 saturated carbocycles. The van der Waals surface area contributed by atoms with Gasteiger partial charge >= 0.3 is 6.18 Å². The summed E-state index contributed by atoms with van der Waals surface area (Å²) in [7, 11) is 0. The normalized spacial score (nSPS) is 18.4. The average Bonchev–Trinajstić information content (AvgIpc) is 3.22. The molecule has 1 atom stereocenters. The number of H-pyrrole nitrogens is 1. The molecular formula is C17H15F3N4O. The van der Waals surface area contributed by atoms with Crippen LogP contribution in [0.4, 0.5) is 13.2 Å². The van der Waals surface area contributed by atoms with E-state index >= 15 is 0 Å². The lowest BCUT2D eigenvalue weighted by molar-refractivity contribution is -0.160. The summed E-state index contributed by atoms with van der Waals surface area (Å²) in [5, 5.41) is 1.88. The van der Waals surface area contributed by atoms with Gasteiger partial charge in [-0.3, -0.25) is 4.79 Å². The number of aromatic nitrogens is 3. The first kappa shape index (κ1) is 15.9. The first-order valence-electron chi connectivity index (χ1n) is 7.97. The minimum Gasteiger partial charge on any atom is -0.360 e. The maximum atomic E-state index is 12.5. The monoisotopic (exact) mass is 348 g/mol. The van der Waals surface area contributed by atoms with Gasteiger partial charge in [0.2, 0.25) is 5.91 Å². The Bertz CT molecular complexity index is 950. The summed E-state index contributed by atoms with van der Waals surface area (Å²) in [5.41, 5.74) is 2.49. The van der Waals surface area contributed by atoms with Crippen LogP contribution >= 0.6 is 0 Å². The minimum atomic E-state index is -4.47. The Kier molecular flexibility index (Phi) is 3.63. The van der Waals surface area contributed by atoms with Crippen molar-refractivity contribution in [1.29, 1.82) is 0 Å². The number of rotatable bonds is 2. The predicted molar refractivity (Wildman–Crippen MR) is 86.0 cm³/mol. The van der Waals surface area contributed by atoms with E-state index in [2.05, 4.69) is 15.0 Å². The lowest BCUT2D eigenvalue weighted by atomic mass is 9.94. The number of likely N-dealkylation sites (tertiary alicyclic amines) is 1. The lowest BCUT2D eigenvalue weighted by Gasteiger charge is -2.18. The molecule has 0 spiro atoms. The molecule has 3 aromatic rings. The molecule has 0 radical (unpaired) electrons. The molecule has 0 bridgehead atoms. The molecule has 1 saturated heterocycles. The summed E-state index contributed by atoms with van der Waals surface area (Å²) in [6.07, 6.45) is -0.0495. The molecule has 1 amide bonds. The maximum absolute atomic E-state index is 12.5. The van der Waals surface area contributed by atoms with Gasteiger partial charge in [0.15, 0.2) is 5.65 Å². The van der Waals surface area contributed by atoms with Crippen LogP contribution in [0.15, 0.2) is 30.7 Å². The molecule has 0 aliphatic carbocycles. The van der Waals surface area contributed by atoms with Gasteiger partial charge in [0.05, 0.1) is 11.7 Å². The molecule has 25 heavy (non-hydrogen) atoms. The zero-order valence-corrected chi connectivity index (χ0v) is 13.2. The lowest BCUT2D eigenvalue weighted by Crippen LogP contribution is -2.32. The second kappa shape index (κ2) is 5.72. The van der Waals surface area contributed by atoms with E-state index in [1.165, 1.54) is 4.90 Å². The van der Waals surface area contributed by atoms with Crippen LogP contribution in [0.5, 0.6) is 0 Å². The number of carbonyl (C=O) groups is 1. The Hall–Kier alpha value is -2.64. The number of hydrogen-bond acceptors (Lipinski definition) is 3. The molecule has 1 fully saturated rings. The summed E-state index contributed by atoms with van der Waals surface area (Å²) in [5.74, 6) is -0.863. The standard InChI is InChI=1S/C17H15F3N4O/c18-17(19,20)7-14(25)24-6-3-10(9-24)11-1-4-21-13-8-23-16-12(15(11)13)2-5-22-16/h1-2,4-5,8,10,21H,3,6-7,9H2/t10-/m0/s1. The van der Waals surface area contributed by atoms with Crippen molar-refractivity contribution in [3.05, 3.63) is 36.3 Å². The van der Waals surface area contributed by atoms with E-state index < -0.39 is 18.5 Å². The fourth-order valence-corrected chi connectivity index (χ4v) is 3.55. The number of fused-ring (bicyclic) bond motifs is 3. The molecule has 1 aliphatic rings. The number of pyridine rings is 2. The summed E-state index contributed by atoms with van der Waals surface area (Å²) < 4.78 is 37.4. The summed E-state index contributed by atoms with van der Waals surface area (Å²) in [6, 6.07) is 3.81. The maximum Gasteiger partial charge on any atom is 0.397 e. The Balaban J connectivity index is 1.67. The highest BCUT2D eigenvalue weighted by Crippen LogP contribution is 2.35. The molecule has 8 heteroatoms. The number of halogens is 3. The van der Waals surface area contributed by atoms with Crippen molar-refractivity contribution in [3.63, 3.8) is 0 Å². The van der Waals surface area contributed by atoms with Gasteiger partial charge in [-0.05, 0) is 24.1 Å². The zero-order chi connectivity index (χ0) is 17.6. The van der Waals surface area contributed by atoms with Crippen LogP contribution in [0, 0.1) is 0 Å². The van der Waals surface area contributed by atoms with E-state index in [1.54, 1.807) is 18.6 Å². The Morgan fingerprint density at radius 2 is 2.16 bits per heavy atom. The molecule has 0 aromatic carbocycles. The zero-order valence-electron chi connectivity index (χ0n) is 13.2. The van der Waals surface area contributed by atoms with Crippen molar-refractivity contribution in [3.8, 4) is 0 Å². The van der Waals surface area contributed by atoms with Crippen molar-refractivity contribution < 1.29 is 18.0 Å². The number of carbonyl (C=O) groups excluding carboxylic acids is 1.